The van der Waals surface area contributed by atoms with Crippen LogP contribution in [0.5, 0.6) is 0 Å². The Bertz CT molecular complexity index is 769. The highest BCUT2D eigenvalue weighted by Gasteiger charge is 2.51. The lowest BCUT2D eigenvalue weighted by Crippen LogP contribution is -2.44. The highest BCUT2D eigenvalue weighted by molar-refractivity contribution is 6.07. The normalized spacial score (nSPS) is 17.7. The maximum absolute atomic E-state index is 12.5. The molecule has 1 aromatic rings. The van der Waals surface area contributed by atoms with E-state index in [0.29, 0.717) is 31.4 Å². The van der Waals surface area contributed by atoms with Crippen LogP contribution in [0.2, 0.25) is 0 Å². The molecule has 8 nitrogen and oxygen atoms in total. The van der Waals surface area contributed by atoms with Crippen molar-refractivity contribution in [2.45, 2.75) is 50.6 Å². The van der Waals surface area contributed by atoms with E-state index >= 15 is 0 Å². The van der Waals surface area contributed by atoms with E-state index in [1.807, 2.05) is 0 Å². The summed E-state index contributed by atoms with van der Waals surface area (Å²) >= 11 is 0. The van der Waals surface area contributed by atoms with E-state index in [4.69, 9.17) is 0 Å². The van der Waals surface area contributed by atoms with Crippen LogP contribution < -0.4 is 10.6 Å². The Morgan fingerprint density at radius 1 is 1.18 bits per heavy atom. The van der Waals surface area contributed by atoms with Gasteiger partial charge < -0.3 is 15.4 Å². The first-order valence-electron chi connectivity index (χ1n) is 9.53. The summed E-state index contributed by atoms with van der Waals surface area (Å²) in [5.41, 5.74) is 0.611. The zero-order chi connectivity index (χ0) is 20.1. The summed E-state index contributed by atoms with van der Waals surface area (Å²) < 4.78 is 4.64. The molecule has 28 heavy (non-hydrogen) atoms. The number of carbonyl (C=O) groups excluding carboxylic acids is 4. The van der Waals surface area contributed by atoms with Crippen LogP contribution in [0.4, 0.5) is 4.79 Å². The number of imide groups is 1. The van der Waals surface area contributed by atoms with Crippen LogP contribution in [0.25, 0.3) is 0 Å². The second kappa shape index (κ2) is 8.41. The lowest BCUT2D eigenvalue weighted by atomic mass is 9.98. The van der Waals surface area contributed by atoms with Crippen molar-refractivity contribution in [2.75, 3.05) is 13.7 Å². The van der Waals surface area contributed by atoms with Crippen LogP contribution in [0, 0.1) is 0 Å². The van der Waals surface area contributed by atoms with Gasteiger partial charge in [0.15, 0.2) is 0 Å². The predicted molar refractivity (Wildman–Crippen MR) is 100 cm³/mol. The summed E-state index contributed by atoms with van der Waals surface area (Å²) in [6, 6.07) is 6.44. The lowest BCUT2D eigenvalue weighted by Gasteiger charge is -2.19. The van der Waals surface area contributed by atoms with Crippen molar-refractivity contribution in [3.05, 3.63) is 35.4 Å². The van der Waals surface area contributed by atoms with Gasteiger partial charge in [-0.25, -0.2) is 9.59 Å². The molecule has 0 aromatic heterocycles. The van der Waals surface area contributed by atoms with Gasteiger partial charge in [0.2, 0.25) is 5.91 Å². The number of urea groups is 1. The van der Waals surface area contributed by atoms with Crippen LogP contribution in [0.1, 0.15) is 54.4 Å². The lowest BCUT2D eigenvalue weighted by molar-refractivity contribution is -0.131. The molecule has 1 spiro atoms. The second-order valence-electron chi connectivity index (χ2n) is 7.24. The number of hydrogen-bond donors (Lipinski definition) is 2. The van der Waals surface area contributed by atoms with Gasteiger partial charge in [-0.1, -0.05) is 25.0 Å². The van der Waals surface area contributed by atoms with E-state index < -0.39 is 11.5 Å². The summed E-state index contributed by atoms with van der Waals surface area (Å²) in [7, 11) is 1.32. The Morgan fingerprint density at radius 2 is 1.86 bits per heavy atom. The first-order chi connectivity index (χ1) is 13.4. The summed E-state index contributed by atoms with van der Waals surface area (Å²) in [6.45, 7) is 0.584. The summed E-state index contributed by atoms with van der Waals surface area (Å²) in [5, 5.41) is 5.63. The Labute approximate surface area is 163 Å². The fourth-order valence-corrected chi connectivity index (χ4v) is 3.76. The third-order valence-corrected chi connectivity index (χ3v) is 5.35. The van der Waals surface area contributed by atoms with Crippen molar-refractivity contribution >= 4 is 23.8 Å². The number of amides is 4. The number of ether oxygens (including phenoxy) is 1. The van der Waals surface area contributed by atoms with Gasteiger partial charge in [0, 0.05) is 19.5 Å². The standard InChI is InChI=1S/C20H25N3O5/c1-28-17(25)15-8-6-14(7-9-15)13-21-16(24)5-4-12-23-18(26)20(22-19(23)27)10-2-3-11-20/h6-9H,2-5,10-13H2,1H3,(H,21,24)(H,22,27). The predicted octanol–water partition coefficient (Wildman–Crippen LogP) is 1.73. The summed E-state index contributed by atoms with van der Waals surface area (Å²) in [6.07, 6.45) is 3.94. The maximum Gasteiger partial charge on any atom is 0.337 e. The van der Waals surface area contributed by atoms with E-state index in [0.717, 1.165) is 18.4 Å². The zero-order valence-corrected chi connectivity index (χ0v) is 16.0. The quantitative estimate of drug-likeness (QED) is 0.548. The van der Waals surface area contributed by atoms with Crippen LogP contribution >= 0.6 is 0 Å². The molecule has 4 amide bonds. The Balaban J connectivity index is 1.41. The van der Waals surface area contributed by atoms with E-state index in [1.165, 1.54) is 12.0 Å². The van der Waals surface area contributed by atoms with Crippen molar-refractivity contribution in [3.8, 4) is 0 Å². The third kappa shape index (κ3) is 4.16. The molecule has 1 heterocycles. The smallest absolute Gasteiger partial charge is 0.337 e. The van der Waals surface area contributed by atoms with Gasteiger partial charge in [-0.2, -0.15) is 0 Å². The minimum atomic E-state index is -0.699. The van der Waals surface area contributed by atoms with Gasteiger partial charge in [0.05, 0.1) is 12.7 Å². The number of benzene rings is 1. The molecule has 1 aliphatic carbocycles. The van der Waals surface area contributed by atoms with Crippen molar-refractivity contribution in [2.24, 2.45) is 0 Å². The zero-order valence-electron chi connectivity index (χ0n) is 16.0. The molecule has 3 rings (SSSR count). The molecule has 8 heteroatoms. The molecule has 150 valence electrons. The van der Waals surface area contributed by atoms with Gasteiger partial charge >= 0.3 is 12.0 Å². The number of nitrogens with zero attached hydrogens (tertiary/aromatic N) is 1. The maximum atomic E-state index is 12.5. The number of methoxy groups -OCH3 is 1. The summed E-state index contributed by atoms with van der Waals surface area (Å²) in [4.78, 5) is 49.3. The average Bonchev–Trinajstić information content (AvgIpc) is 3.26. The van der Waals surface area contributed by atoms with Crippen LogP contribution in [0.3, 0.4) is 0 Å². The molecular formula is C20H25N3O5. The van der Waals surface area contributed by atoms with Gasteiger partial charge in [0.25, 0.3) is 5.91 Å². The molecule has 0 unspecified atom stereocenters. The average molecular weight is 387 g/mol. The van der Waals surface area contributed by atoms with Crippen LogP contribution in [0.15, 0.2) is 24.3 Å². The number of rotatable bonds is 7. The number of esters is 1. The van der Waals surface area contributed by atoms with Crippen LogP contribution in [-0.4, -0.2) is 47.9 Å². The highest BCUT2D eigenvalue weighted by Crippen LogP contribution is 2.35. The van der Waals surface area contributed by atoms with Crippen LogP contribution in [-0.2, 0) is 20.9 Å². The van der Waals surface area contributed by atoms with E-state index in [2.05, 4.69) is 15.4 Å². The molecule has 2 aliphatic rings. The SMILES string of the molecule is COC(=O)c1ccc(CNC(=O)CCCN2C(=O)NC3(CCCC3)C2=O)cc1. The summed E-state index contributed by atoms with van der Waals surface area (Å²) in [5.74, 6) is -0.712. The molecule has 1 aliphatic heterocycles. The first kappa shape index (κ1) is 19.9. The fraction of sp³-hybridized carbons (Fsp3) is 0.500. The van der Waals surface area contributed by atoms with Crippen molar-refractivity contribution in [3.63, 3.8) is 0 Å². The fourth-order valence-electron chi connectivity index (χ4n) is 3.76. The van der Waals surface area contributed by atoms with Gasteiger partial charge in [-0.3, -0.25) is 14.5 Å². The van der Waals surface area contributed by atoms with Gasteiger partial charge in [-0.15, -0.1) is 0 Å². The monoisotopic (exact) mass is 387 g/mol. The largest absolute Gasteiger partial charge is 0.465 e. The highest BCUT2D eigenvalue weighted by atomic mass is 16.5. The van der Waals surface area contributed by atoms with E-state index in [9.17, 15) is 19.2 Å². The number of carbonyl (C=O) groups is 4. The van der Waals surface area contributed by atoms with Crippen molar-refractivity contribution in [1.82, 2.24) is 15.5 Å². The van der Waals surface area contributed by atoms with Crippen molar-refractivity contribution < 1.29 is 23.9 Å². The Hall–Kier alpha value is -2.90. The van der Waals surface area contributed by atoms with E-state index in [1.54, 1.807) is 24.3 Å². The minimum Gasteiger partial charge on any atom is -0.465 e. The third-order valence-electron chi connectivity index (χ3n) is 5.35. The van der Waals surface area contributed by atoms with E-state index in [-0.39, 0.29) is 30.8 Å². The molecule has 0 radical (unpaired) electrons. The Morgan fingerprint density at radius 3 is 2.50 bits per heavy atom. The molecule has 1 saturated heterocycles. The number of nitrogens with one attached hydrogen (secondary N) is 2. The number of hydrogen-bond acceptors (Lipinski definition) is 5. The molecule has 0 atom stereocenters. The van der Waals surface area contributed by atoms with Crippen molar-refractivity contribution in [1.29, 1.82) is 0 Å². The molecular weight excluding hydrogens is 362 g/mol. The molecule has 2 N–H and O–H groups in total. The molecule has 0 bridgehead atoms. The first-order valence-corrected chi connectivity index (χ1v) is 9.53. The van der Waals surface area contributed by atoms with Gasteiger partial charge in [-0.05, 0) is 37.0 Å². The molecule has 1 aromatic carbocycles. The molecule has 1 saturated carbocycles. The minimum absolute atomic E-state index is 0.152. The van der Waals surface area contributed by atoms with Gasteiger partial charge in [0.1, 0.15) is 5.54 Å². The second-order valence-corrected chi connectivity index (χ2v) is 7.24. The Kier molecular flexibility index (Phi) is 5.96. The molecule has 2 fully saturated rings. The topological polar surface area (TPSA) is 105 Å².